The number of aliphatic imine (C=N–C) groups is 1. The maximum atomic E-state index is 11.4. The lowest BCUT2D eigenvalue weighted by Crippen LogP contribution is -2.09. The van der Waals surface area contributed by atoms with Gasteiger partial charge in [-0.3, -0.25) is 9.79 Å². The Morgan fingerprint density at radius 2 is 2.17 bits per heavy atom. The van der Waals surface area contributed by atoms with Gasteiger partial charge in [0.25, 0.3) is 0 Å². The molecule has 0 aromatic heterocycles. The summed E-state index contributed by atoms with van der Waals surface area (Å²) in [5.41, 5.74) is 1.31. The van der Waals surface area contributed by atoms with E-state index in [1.807, 2.05) is 6.92 Å². The second-order valence-electron chi connectivity index (χ2n) is 4.26. The molecule has 94 valence electrons. The first-order chi connectivity index (χ1) is 8.49. The molecule has 0 spiro atoms. The molecule has 0 aliphatic heterocycles. The number of aromatic carboxylic acids is 1. The Balaban J connectivity index is 2.39. The van der Waals surface area contributed by atoms with Crippen molar-refractivity contribution in [1.29, 1.82) is 0 Å². The van der Waals surface area contributed by atoms with E-state index in [-0.39, 0.29) is 17.3 Å². The van der Waals surface area contributed by atoms with Crippen LogP contribution in [0.4, 0.5) is 5.69 Å². The molecule has 1 aliphatic carbocycles. The molecule has 0 heterocycles. The Kier molecular flexibility index (Phi) is 3.48. The van der Waals surface area contributed by atoms with Crippen LogP contribution in [0.3, 0.4) is 0 Å². The van der Waals surface area contributed by atoms with Gasteiger partial charge in [0.15, 0.2) is 0 Å². The highest BCUT2D eigenvalue weighted by molar-refractivity contribution is 6.33. The lowest BCUT2D eigenvalue weighted by molar-refractivity contribution is -0.119. The topological polar surface area (TPSA) is 66.7 Å². The predicted octanol–water partition coefficient (Wildman–Crippen LogP) is 3.11. The quantitative estimate of drug-likeness (QED) is 0.893. The first-order valence-electron chi connectivity index (χ1n) is 5.62. The number of halogens is 1. The van der Waals surface area contributed by atoms with Gasteiger partial charge in [0, 0.05) is 12.1 Å². The van der Waals surface area contributed by atoms with E-state index in [0.29, 0.717) is 23.6 Å². The Bertz CT molecular complexity index is 551. The smallest absolute Gasteiger partial charge is 0.335 e. The molecule has 0 saturated heterocycles. The number of carbonyl (C=O) groups is 2. The van der Waals surface area contributed by atoms with Crippen LogP contribution in [0.1, 0.15) is 30.1 Å². The van der Waals surface area contributed by atoms with Crippen molar-refractivity contribution in [2.75, 3.05) is 0 Å². The fourth-order valence-electron chi connectivity index (χ4n) is 1.91. The molecule has 1 N–H and O–H groups in total. The maximum Gasteiger partial charge on any atom is 0.335 e. The summed E-state index contributed by atoms with van der Waals surface area (Å²) >= 11 is 5.98. The van der Waals surface area contributed by atoms with Crippen molar-refractivity contribution in [1.82, 2.24) is 0 Å². The normalized spacial score (nSPS) is 21.6. The lowest BCUT2D eigenvalue weighted by atomic mass is 10.1. The highest BCUT2D eigenvalue weighted by Gasteiger charge is 2.26. The van der Waals surface area contributed by atoms with Crippen LogP contribution < -0.4 is 0 Å². The molecular formula is C13H12ClNO3. The van der Waals surface area contributed by atoms with E-state index >= 15 is 0 Å². The number of carbonyl (C=O) groups excluding carboxylic acids is 1. The van der Waals surface area contributed by atoms with E-state index in [9.17, 15) is 9.59 Å². The van der Waals surface area contributed by atoms with Crippen LogP contribution >= 0.6 is 11.6 Å². The minimum Gasteiger partial charge on any atom is -0.478 e. The largest absolute Gasteiger partial charge is 0.478 e. The molecule has 1 aromatic carbocycles. The summed E-state index contributed by atoms with van der Waals surface area (Å²) in [6.45, 7) is 1.81. The molecule has 0 radical (unpaired) electrons. The average Bonchev–Trinajstić information content (AvgIpc) is 2.63. The van der Waals surface area contributed by atoms with E-state index in [0.717, 1.165) is 5.71 Å². The number of rotatable bonds is 2. The molecule has 5 heteroatoms. The predicted molar refractivity (Wildman–Crippen MR) is 68.9 cm³/mol. The maximum absolute atomic E-state index is 11.4. The number of nitrogens with zero attached hydrogens (tertiary/aromatic N) is 1. The van der Waals surface area contributed by atoms with Crippen LogP contribution in [0.25, 0.3) is 0 Å². The number of hydrogen-bond acceptors (Lipinski definition) is 3. The minimum absolute atomic E-state index is 0.135. The molecule has 1 unspecified atom stereocenters. The van der Waals surface area contributed by atoms with E-state index in [1.165, 1.54) is 18.2 Å². The van der Waals surface area contributed by atoms with Crippen molar-refractivity contribution in [3.8, 4) is 0 Å². The highest BCUT2D eigenvalue weighted by atomic mass is 35.5. The zero-order valence-electron chi connectivity index (χ0n) is 9.81. The van der Waals surface area contributed by atoms with Crippen LogP contribution in [-0.2, 0) is 4.79 Å². The molecule has 1 aromatic rings. The second kappa shape index (κ2) is 4.90. The molecule has 2 rings (SSSR count). The van der Waals surface area contributed by atoms with Gasteiger partial charge >= 0.3 is 5.97 Å². The van der Waals surface area contributed by atoms with Crippen LogP contribution in [0.2, 0.25) is 5.02 Å². The fourth-order valence-corrected chi connectivity index (χ4v) is 2.07. The van der Waals surface area contributed by atoms with E-state index in [4.69, 9.17) is 16.7 Å². The standard InChI is InChI=1S/C13H12ClNO3/c1-7-10(4-5-12(7)16)15-11-6-8(13(17)18)2-3-9(11)14/h2-3,6-7H,4-5H2,1H3,(H,17,18). The zero-order chi connectivity index (χ0) is 13.3. The van der Waals surface area contributed by atoms with Crippen LogP contribution in [-0.4, -0.2) is 22.6 Å². The number of carboxylic acids is 1. The summed E-state index contributed by atoms with van der Waals surface area (Å²) in [6.07, 6.45) is 1.11. The highest BCUT2D eigenvalue weighted by Crippen LogP contribution is 2.29. The molecule has 0 bridgehead atoms. The molecule has 1 atom stereocenters. The van der Waals surface area contributed by atoms with Crippen molar-refractivity contribution in [3.05, 3.63) is 28.8 Å². The molecule has 18 heavy (non-hydrogen) atoms. The van der Waals surface area contributed by atoms with Crippen molar-refractivity contribution >= 4 is 34.8 Å². The molecule has 1 fully saturated rings. The summed E-state index contributed by atoms with van der Waals surface area (Å²) in [5.74, 6) is -1.06. The van der Waals surface area contributed by atoms with E-state index < -0.39 is 5.97 Å². The number of ketones is 1. The Labute approximate surface area is 109 Å². The van der Waals surface area contributed by atoms with Crippen LogP contribution in [0.15, 0.2) is 23.2 Å². The third-order valence-corrected chi connectivity index (χ3v) is 3.39. The number of carboxylic acid groups (broad SMARTS) is 1. The monoisotopic (exact) mass is 265 g/mol. The van der Waals surface area contributed by atoms with Gasteiger partial charge in [0.05, 0.1) is 22.2 Å². The average molecular weight is 266 g/mol. The van der Waals surface area contributed by atoms with Crippen molar-refractivity contribution < 1.29 is 14.7 Å². The first kappa shape index (κ1) is 12.8. The summed E-state index contributed by atoms with van der Waals surface area (Å²) in [4.78, 5) is 26.6. The molecule has 0 amide bonds. The third-order valence-electron chi connectivity index (χ3n) is 3.07. The Hall–Kier alpha value is -1.68. The zero-order valence-corrected chi connectivity index (χ0v) is 10.6. The number of hydrogen-bond donors (Lipinski definition) is 1. The summed E-state index contributed by atoms with van der Waals surface area (Å²) < 4.78 is 0. The van der Waals surface area contributed by atoms with Crippen molar-refractivity contribution in [2.45, 2.75) is 19.8 Å². The first-order valence-corrected chi connectivity index (χ1v) is 6.00. The van der Waals surface area contributed by atoms with Gasteiger partial charge in [-0.05, 0) is 24.6 Å². The van der Waals surface area contributed by atoms with Gasteiger partial charge in [0.1, 0.15) is 5.78 Å². The van der Waals surface area contributed by atoms with Gasteiger partial charge in [0.2, 0.25) is 0 Å². The lowest BCUT2D eigenvalue weighted by Gasteiger charge is -2.05. The number of Topliss-reactive ketones (excluding diaryl/α,β-unsaturated/α-hetero) is 1. The van der Waals surface area contributed by atoms with Gasteiger partial charge < -0.3 is 5.11 Å². The van der Waals surface area contributed by atoms with Gasteiger partial charge in [-0.25, -0.2) is 4.79 Å². The van der Waals surface area contributed by atoms with Gasteiger partial charge in [-0.2, -0.15) is 0 Å². The van der Waals surface area contributed by atoms with Gasteiger partial charge in [-0.15, -0.1) is 0 Å². The van der Waals surface area contributed by atoms with Crippen molar-refractivity contribution in [2.24, 2.45) is 10.9 Å². The van der Waals surface area contributed by atoms with Gasteiger partial charge in [-0.1, -0.05) is 18.5 Å². The summed E-state index contributed by atoms with van der Waals surface area (Å²) in [5, 5.41) is 9.30. The molecule has 1 saturated carbocycles. The molecular weight excluding hydrogens is 254 g/mol. The molecule has 4 nitrogen and oxygen atoms in total. The van der Waals surface area contributed by atoms with Crippen LogP contribution in [0, 0.1) is 5.92 Å². The van der Waals surface area contributed by atoms with E-state index in [2.05, 4.69) is 4.99 Å². The van der Waals surface area contributed by atoms with Crippen LogP contribution in [0.5, 0.6) is 0 Å². The second-order valence-corrected chi connectivity index (χ2v) is 4.67. The Morgan fingerprint density at radius 1 is 1.44 bits per heavy atom. The number of benzene rings is 1. The SMILES string of the molecule is CC1C(=O)CCC1=Nc1cc(C(=O)O)ccc1Cl. The third kappa shape index (κ3) is 2.43. The fraction of sp³-hybridized carbons (Fsp3) is 0.308. The molecule has 1 aliphatic rings. The summed E-state index contributed by atoms with van der Waals surface area (Å²) in [6, 6.07) is 4.36. The van der Waals surface area contributed by atoms with Crippen molar-refractivity contribution in [3.63, 3.8) is 0 Å². The Morgan fingerprint density at radius 3 is 2.72 bits per heavy atom. The van der Waals surface area contributed by atoms with E-state index in [1.54, 1.807) is 0 Å². The minimum atomic E-state index is -1.02. The summed E-state index contributed by atoms with van der Waals surface area (Å²) in [7, 11) is 0.